The molecule has 1 saturated carbocycles. The summed E-state index contributed by atoms with van der Waals surface area (Å²) in [6.07, 6.45) is 6.32. The van der Waals surface area contributed by atoms with Crippen LogP contribution in [0.25, 0.3) is 0 Å². The van der Waals surface area contributed by atoms with Crippen LogP contribution in [0.1, 0.15) is 83.3 Å². The maximum atomic E-state index is 13.3. The number of amides is 2. The minimum Gasteiger partial charge on any atom is -0.495 e. The number of rotatable bonds is 7. The SMILES string of the molecule is COc1cc(C(C)(C)C)c(OC(=O)[C@H](C)N)c(C2CCCCCC2)c1NC(=O)Nc1ccc(N(C)C)cc1. The molecule has 0 heterocycles. The van der Waals surface area contributed by atoms with E-state index >= 15 is 0 Å². The van der Waals surface area contributed by atoms with E-state index in [0.29, 0.717) is 22.9 Å². The average molecular weight is 525 g/mol. The van der Waals surface area contributed by atoms with Crippen LogP contribution in [0.5, 0.6) is 11.5 Å². The van der Waals surface area contributed by atoms with Gasteiger partial charge in [-0.05, 0) is 61.4 Å². The largest absolute Gasteiger partial charge is 0.495 e. The van der Waals surface area contributed by atoms with Crippen LogP contribution in [0, 0.1) is 0 Å². The van der Waals surface area contributed by atoms with Gasteiger partial charge in [-0.1, -0.05) is 46.5 Å². The molecule has 0 bridgehead atoms. The Morgan fingerprint density at radius 2 is 1.63 bits per heavy atom. The number of anilines is 3. The van der Waals surface area contributed by atoms with Gasteiger partial charge < -0.3 is 30.7 Å². The molecule has 0 radical (unpaired) electrons. The number of nitrogens with one attached hydrogen (secondary N) is 2. The molecule has 3 rings (SSSR count). The quantitative estimate of drug-likeness (QED) is 0.220. The number of carbonyl (C=O) groups excluding carboxylic acids is 2. The van der Waals surface area contributed by atoms with Crippen molar-refractivity contribution in [2.24, 2.45) is 5.73 Å². The summed E-state index contributed by atoms with van der Waals surface area (Å²) < 4.78 is 11.9. The van der Waals surface area contributed by atoms with Crippen LogP contribution >= 0.6 is 0 Å². The molecule has 0 aromatic heterocycles. The molecular formula is C30H44N4O4. The van der Waals surface area contributed by atoms with E-state index in [4.69, 9.17) is 15.2 Å². The van der Waals surface area contributed by atoms with Crippen LogP contribution in [-0.4, -0.2) is 39.2 Å². The lowest BCUT2D eigenvalue weighted by atomic mass is 9.80. The summed E-state index contributed by atoms with van der Waals surface area (Å²) >= 11 is 0. The molecule has 0 spiro atoms. The fourth-order valence-electron chi connectivity index (χ4n) is 4.89. The Morgan fingerprint density at radius 3 is 2.13 bits per heavy atom. The summed E-state index contributed by atoms with van der Waals surface area (Å²) in [5, 5.41) is 5.97. The van der Waals surface area contributed by atoms with Crippen LogP contribution < -0.4 is 30.7 Å². The summed E-state index contributed by atoms with van der Waals surface area (Å²) in [5.41, 5.74) is 9.43. The first-order valence-electron chi connectivity index (χ1n) is 13.5. The smallest absolute Gasteiger partial charge is 0.328 e. The van der Waals surface area contributed by atoms with Crippen LogP contribution in [0.2, 0.25) is 0 Å². The van der Waals surface area contributed by atoms with Crippen molar-refractivity contribution in [2.45, 2.75) is 83.6 Å². The molecular weight excluding hydrogens is 480 g/mol. The lowest BCUT2D eigenvalue weighted by molar-refractivity contribution is -0.135. The summed E-state index contributed by atoms with van der Waals surface area (Å²) in [7, 11) is 5.52. The second-order valence-electron chi connectivity index (χ2n) is 11.4. The third-order valence-corrected chi connectivity index (χ3v) is 7.03. The first kappa shape index (κ1) is 29.3. The highest BCUT2D eigenvalue weighted by Gasteiger charge is 2.33. The van der Waals surface area contributed by atoms with Crippen molar-refractivity contribution in [2.75, 3.05) is 36.7 Å². The summed E-state index contributed by atoms with van der Waals surface area (Å²) in [4.78, 5) is 28.1. The minimum atomic E-state index is -0.781. The van der Waals surface area contributed by atoms with Crippen LogP contribution in [0.15, 0.2) is 30.3 Å². The number of nitrogens with two attached hydrogens (primary N) is 1. The van der Waals surface area contributed by atoms with Gasteiger partial charge in [0.2, 0.25) is 0 Å². The summed E-state index contributed by atoms with van der Waals surface area (Å²) in [6.45, 7) is 7.82. The highest BCUT2D eigenvalue weighted by molar-refractivity contribution is 6.02. The molecule has 2 amide bonds. The average Bonchev–Trinajstić information content (AvgIpc) is 3.13. The lowest BCUT2D eigenvalue weighted by Crippen LogP contribution is -2.32. The molecule has 8 nitrogen and oxygen atoms in total. The standard InChI is InChI=1S/C30H44N4O4/c1-19(31)28(35)38-27-23(30(2,3)4)18-24(37-7)26(25(27)20-12-10-8-9-11-13-20)33-29(36)32-21-14-16-22(17-15-21)34(5)6/h14-20H,8-13,31H2,1-7H3,(H2,32,33,36)/t19-/m0/s1. The first-order valence-corrected chi connectivity index (χ1v) is 13.5. The lowest BCUT2D eigenvalue weighted by Gasteiger charge is -2.30. The number of benzene rings is 2. The summed E-state index contributed by atoms with van der Waals surface area (Å²) in [5.74, 6) is 0.609. The Balaban J connectivity index is 2.12. The van der Waals surface area contributed by atoms with Crippen molar-refractivity contribution in [3.8, 4) is 11.5 Å². The van der Waals surface area contributed by atoms with E-state index in [1.165, 1.54) is 0 Å². The van der Waals surface area contributed by atoms with E-state index in [0.717, 1.165) is 55.3 Å². The molecule has 208 valence electrons. The van der Waals surface area contributed by atoms with Gasteiger partial charge in [-0.25, -0.2) is 9.59 Å². The van der Waals surface area contributed by atoms with Crippen molar-refractivity contribution in [3.05, 3.63) is 41.5 Å². The topological polar surface area (TPSA) is 106 Å². The predicted octanol–water partition coefficient (Wildman–Crippen LogP) is 6.39. The highest BCUT2D eigenvalue weighted by atomic mass is 16.5. The minimum absolute atomic E-state index is 0.0965. The molecule has 0 unspecified atom stereocenters. The maximum absolute atomic E-state index is 13.3. The third kappa shape index (κ3) is 7.19. The number of ether oxygens (including phenoxy) is 2. The fourth-order valence-corrected chi connectivity index (χ4v) is 4.89. The molecule has 2 aromatic rings. The van der Waals surface area contributed by atoms with E-state index in [1.807, 2.05) is 49.3 Å². The molecule has 2 aromatic carbocycles. The number of esters is 1. The number of carbonyl (C=O) groups is 2. The van der Waals surface area contributed by atoms with Crippen molar-refractivity contribution in [1.82, 2.24) is 0 Å². The number of hydrogen-bond acceptors (Lipinski definition) is 6. The second-order valence-corrected chi connectivity index (χ2v) is 11.4. The molecule has 8 heteroatoms. The first-order chi connectivity index (χ1) is 17.9. The third-order valence-electron chi connectivity index (χ3n) is 7.03. The van der Waals surface area contributed by atoms with Crippen LogP contribution in [0.3, 0.4) is 0 Å². The zero-order chi connectivity index (χ0) is 28.0. The van der Waals surface area contributed by atoms with Crippen molar-refractivity contribution in [3.63, 3.8) is 0 Å². The van der Waals surface area contributed by atoms with Crippen LogP contribution in [-0.2, 0) is 10.2 Å². The molecule has 1 atom stereocenters. The van der Waals surface area contributed by atoms with Gasteiger partial charge in [0.15, 0.2) is 0 Å². The molecule has 38 heavy (non-hydrogen) atoms. The fraction of sp³-hybridized carbons (Fsp3) is 0.533. The van der Waals surface area contributed by atoms with E-state index in [2.05, 4.69) is 31.4 Å². The van der Waals surface area contributed by atoms with E-state index in [1.54, 1.807) is 14.0 Å². The van der Waals surface area contributed by atoms with Gasteiger partial charge in [0.05, 0.1) is 12.8 Å². The second kappa shape index (κ2) is 12.5. The van der Waals surface area contributed by atoms with Gasteiger partial charge in [0, 0.05) is 36.6 Å². The summed E-state index contributed by atoms with van der Waals surface area (Å²) in [6, 6.07) is 8.29. The van der Waals surface area contributed by atoms with E-state index in [-0.39, 0.29) is 11.3 Å². The van der Waals surface area contributed by atoms with Crippen molar-refractivity contribution >= 4 is 29.1 Å². The molecule has 0 aliphatic heterocycles. The Hall–Kier alpha value is -3.26. The number of urea groups is 1. The molecule has 1 fully saturated rings. The molecule has 4 N–H and O–H groups in total. The Labute approximate surface area is 227 Å². The molecule has 0 saturated heterocycles. The number of hydrogen-bond donors (Lipinski definition) is 3. The van der Waals surface area contributed by atoms with E-state index < -0.39 is 18.0 Å². The van der Waals surface area contributed by atoms with Gasteiger partial charge in [-0.15, -0.1) is 0 Å². The monoisotopic (exact) mass is 524 g/mol. The molecule has 1 aliphatic rings. The normalized spacial score (nSPS) is 15.3. The Bertz CT molecular complexity index is 1110. The zero-order valence-electron chi connectivity index (χ0n) is 23.9. The van der Waals surface area contributed by atoms with Crippen LogP contribution in [0.4, 0.5) is 21.9 Å². The van der Waals surface area contributed by atoms with Gasteiger partial charge >= 0.3 is 12.0 Å². The Morgan fingerprint density at radius 1 is 1.03 bits per heavy atom. The number of nitrogens with zero attached hydrogens (tertiary/aromatic N) is 1. The van der Waals surface area contributed by atoms with Crippen molar-refractivity contribution < 1.29 is 19.1 Å². The van der Waals surface area contributed by atoms with E-state index in [9.17, 15) is 9.59 Å². The molecule has 1 aliphatic carbocycles. The van der Waals surface area contributed by atoms with Gasteiger partial charge in [-0.2, -0.15) is 0 Å². The number of methoxy groups -OCH3 is 1. The van der Waals surface area contributed by atoms with Gasteiger partial charge in [0.25, 0.3) is 0 Å². The van der Waals surface area contributed by atoms with Gasteiger partial charge in [-0.3, -0.25) is 0 Å². The maximum Gasteiger partial charge on any atom is 0.328 e. The zero-order valence-corrected chi connectivity index (χ0v) is 23.9. The Kier molecular flexibility index (Phi) is 9.66. The highest BCUT2D eigenvalue weighted by Crippen LogP contribution is 2.50. The van der Waals surface area contributed by atoms with Gasteiger partial charge in [0.1, 0.15) is 17.5 Å². The predicted molar refractivity (Wildman–Crippen MR) is 155 cm³/mol. The van der Waals surface area contributed by atoms with Crippen molar-refractivity contribution in [1.29, 1.82) is 0 Å².